The Morgan fingerprint density at radius 3 is 2.48 bits per heavy atom. The average molecular weight is 341 g/mol. The first-order chi connectivity index (χ1) is 12.2. The summed E-state index contributed by atoms with van der Waals surface area (Å²) in [7, 11) is 0. The van der Waals surface area contributed by atoms with Crippen LogP contribution in [0.25, 0.3) is 0 Å². The number of nitrogens with zero attached hydrogens (tertiary/aromatic N) is 1. The van der Waals surface area contributed by atoms with Crippen LogP contribution in [0.1, 0.15) is 44.4 Å². The van der Waals surface area contributed by atoms with Crippen molar-refractivity contribution in [1.82, 2.24) is 5.32 Å². The van der Waals surface area contributed by atoms with Crippen molar-refractivity contribution in [1.29, 1.82) is 0 Å². The Balaban J connectivity index is 1.48. The van der Waals surface area contributed by atoms with Crippen LogP contribution in [0.2, 0.25) is 0 Å². The van der Waals surface area contributed by atoms with Crippen molar-refractivity contribution in [3.8, 4) is 0 Å². The number of benzene rings is 1. The summed E-state index contributed by atoms with van der Waals surface area (Å²) in [6.45, 7) is 4.47. The van der Waals surface area contributed by atoms with E-state index < -0.39 is 0 Å². The molecule has 1 saturated heterocycles. The highest BCUT2D eigenvalue weighted by atomic mass is 16.3. The number of hydrogen-bond acceptors (Lipinski definition) is 4. The third kappa shape index (κ3) is 5.10. The molecule has 1 aliphatic heterocycles. The number of amides is 1. The smallest absolute Gasteiger partial charge is 0.238 e. The van der Waals surface area contributed by atoms with Crippen LogP contribution < -0.4 is 15.5 Å². The van der Waals surface area contributed by atoms with E-state index in [1.54, 1.807) is 6.26 Å². The third-order valence-electron chi connectivity index (χ3n) is 4.66. The maximum absolute atomic E-state index is 12.1. The van der Waals surface area contributed by atoms with E-state index in [1.165, 1.54) is 31.4 Å². The van der Waals surface area contributed by atoms with E-state index in [-0.39, 0.29) is 18.5 Å². The molecule has 2 heterocycles. The van der Waals surface area contributed by atoms with Gasteiger partial charge in [-0.3, -0.25) is 10.1 Å². The molecular weight excluding hydrogens is 314 g/mol. The number of carbonyl (C=O) groups excluding carboxylic acids is 1. The molecule has 5 heteroatoms. The monoisotopic (exact) mass is 341 g/mol. The molecule has 0 spiro atoms. The first-order valence-electron chi connectivity index (χ1n) is 9.14. The van der Waals surface area contributed by atoms with E-state index >= 15 is 0 Å². The Hall–Kier alpha value is -2.27. The molecule has 0 radical (unpaired) electrons. The second-order valence-corrected chi connectivity index (χ2v) is 6.61. The summed E-state index contributed by atoms with van der Waals surface area (Å²) in [5.41, 5.74) is 2.07. The normalized spacial score (nSPS) is 16.3. The number of nitrogens with one attached hydrogen (secondary N) is 2. The van der Waals surface area contributed by atoms with Crippen LogP contribution in [0.15, 0.2) is 47.1 Å². The van der Waals surface area contributed by atoms with Gasteiger partial charge < -0.3 is 14.6 Å². The topological polar surface area (TPSA) is 57.5 Å². The molecule has 0 unspecified atom stereocenters. The second kappa shape index (κ2) is 8.72. The Morgan fingerprint density at radius 2 is 1.84 bits per heavy atom. The Labute approximate surface area is 149 Å². The zero-order chi connectivity index (χ0) is 17.5. The van der Waals surface area contributed by atoms with E-state index in [9.17, 15) is 4.79 Å². The molecular formula is C20H27N3O2. The van der Waals surface area contributed by atoms with Gasteiger partial charge in [0.15, 0.2) is 0 Å². The number of hydrogen-bond donors (Lipinski definition) is 2. The number of carbonyl (C=O) groups is 1. The van der Waals surface area contributed by atoms with Crippen molar-refractivity contribution >= 4 is 17.3 Å². The van der Waals surface area contributed by atoms with Crippen molar-refractivity contribution in [3.63, 3.8) is 0 Å². The van der Waals surface area contributed by atoms with E-state index in [0.29, 0.717) is 0 Å². The summed E-state index contributed by atoms with van der Waals surface area (Å²) < 4.78 is 5.33. The minimum absolute atomic E-state index is 0.00571. The molecule has 3 rings (SSSR count). The Morgan fingerprint density at radius 1 is 1.12 bits per heavy atom. The van der Waals surface area contributed by atoms with Crippen LogP contribution in [0.5, 0.6) is 0 Å². The van der Waals surface area contributed by atoms with E-state index in [4.69, 9.17) is 4.42 Å². The first-order valence-corrected chi connectivity index (χ1v) is 9.14. The minimum Gasteiger partial charge on any atom is -0.468 e. The molecule has 25 heavy (non-hydrogen) atoms. The fraction of sp³-hybridized carbons (Fsp3) is 0.450. The average Bonchev–Trinajstić information content (AvgIpc) is 3.03. The summed E-state index contributed by atoms with van der Waals surface area (Å²) in [5, 5.41) is 6.10. The summed E-state index contributed by atoms with van der Waals surface area (Å²) in [6, 6.07) is 11.9. The van der Waals surface area contributed by atoms with Crippen molar-refractivity contribution in [3.05, 3.63) is 48.4 Å². The first kappa shape index (κ1) is 17.5. The van der Waals surface area contributed by atoms with Crippen LogP contribution in [0, 0.1) is 0 Å². The lowest BCUT2D eigenvalue weighted by molar-refractivity contribution is -0.115. The lowest BCUT2D eigenvalue weighted by Gasteiger charge is -2.22. The molecule has 5 nitrogen and oxygen atoms in total. The van der Waals surface area contributed by atoms with Crippen LogP contribution in [0.3, 0.4) is 0 Å². The maximum atomic E-state index is 12.1. The quantitative estimate of drug-likeness (QED) is 0.835. The fourth-order valence-corrected chi connectivity index (χ4v) is 3.17. The van der Waals surface area contributed by atoms with Crippen molar-refractivity contribution in [2.45, 2.75) is 38.6 Å². The molecule has 2 aromatic rings. The zero-order valence-electron chi connectivity index (χ0n) is 14.8. The summed E-state index contributed by atoms with van der Waals surface area (Å²) in [6.07, 6.45) is 6.82. The van der Waals surface area contributed by atoms with Crippen molar-refractivity contribution in [2.24, 2.45) is 0 Å². The van der Waals surface area contributed by atoms with Crippen LogP contribution in [0.4, 0.5) is 11.4 Å². The summed E-state index contributed by atoms with van der Waals surface area (Å²) >= 11 is 0. The molecule has 1 amide bonds. The molecule has 0 saturated carbocycles. The van der Waals surface area contributed by atoms with Gasteiger partial charge in [0.2, 0.25) is 5.91 Å². The highest BCUT2D eigenvalue weighted by Crippen LogP contribution is 2.21. The fourth-order valence-electron chi connectivity index (χ4n) is 3.17. The third-order valence-corrected chi connectivity index (χ3v) is 4.66. The Bertz CT molecular complexity index is 644. The van der Waals surface area contributed by atoms with Crippen LogP contribution in [-0.4, -0.2) is 25.5 Å². The highest BCUT2D eigenvalue weighted by Gasteiger charge is 2.11. The largest absolute Gasteiger partial charge is 0.468 e. The molecule has 0 aliphatic carbocycles. The SMILES string of the molecule is C[C@@H](NCC(=O)Nc1ccc(N2CCCCCC2)cc1)c1ccco1. The van der Waals surface area contributed by atoms with Gasteiger partial charge in [-0.2, -0.15) is 0 Å². The molecule has 1 aliphatic rings. The number of furan rings is 1. The van der Waals surface area contributed by atoms with Gasteiger partial charge in [-0.15, -0.1) is 0 Å². The maximum Gasteiger partial charge on any atom is 0.238 e. The lowest BCUT2D eigenvalue weighted by atomic mass is 10.2. The number of anilines is 2. The molecule has 1 aromatic heterocycles. The molecule has 1 aromatic carbocycles. The van der Waals surface area contributed by atoms with E-state index in [1.807, 2.05) is 31.2 Å². The lowest BCUT2D eigenvalue weighted by Crippen LogP contribution is -2.30. The van der Waals surface area contributed by atoms with Gasteiger partial charge in [0.25, 0.3) is 0 Å². The van der Waals surface area contributed by atoms with E-state index in [0.717, 1.165) is 24.5 Å². The summed E-state index contributed by atoms with van der Waals surface area (Å²) in [5.74, 6) is 0.774. The van der Waals surface area contributed by atoms with Gasteiger partial charge in [-0.05, 0) is 56.2 Å². The van der Waals surface area contributed by atoms with E-state index in [2.05, 4.69) is 27.7 Å². The van der Waals surface area contributed by atoms with Crippen molar-refractivity contribution < 1.29 is 9.21 Å². The molecule has 0 bridgehead atoms. The van der Waals surface area contributed by atoms with Crippen LogP contribution in [-0.2, 0) is 4.79 Å². The zero-order valence-corrected chi connectivity index (χ0v) is 14.8. The van der Waals surface area contributed by atoms with Crippen LogP contribution >= 0.6 is 0 Å². The predicted octanol–water partition coefficient (Wildman–Crippen LogP) is 3.95. The summed E-state index contributed by atoms with van der Waals surface area (Å²) in [4.78, 5) is 14.5. The Kier molecular flexibility index (Phi) is 6.12. The van der Waals surface area contributed by atoms with Gasteiger partial charge in [0, 0.05) is 24.5 Å². The standard InChI is InChI=1S/C20H27N3O2/c1-16(19-7-6-14-25-19)21-15-20(24)22-17-8-10-18(11-9-17)23-12-4-2-3-5-13-23/h6-11,14,16,21H,2-5,12-13,15H2,1H3,(H,22,24)/t16-/m1/s1. The molecule has 134 valence electrons. The van der Waals surface area contributed by atoms with Gasteiger partial charge in [-0.1, -0.05) is 12.8 Å². The minimum atomic E-state index is -0.0547. The number of rotatable bonds is 6. The second-order valence-electron chi connectivity index (χ2n) is 6.61. The van der Waals surface area contributed by atoms with Gasteiger partial charge >= 0.3 is 0 Å². The van der Waals surface area contributed by atoms with Crippen molar-refractivity contribution in [2.75, 3.05) is 29.9 Å². The molecule has 1 fully saturated rings. The highest BCUT2D eigenvalue weighted by molar-refractivity contribution is 5.92. The van der Waals surface area contributed by atoms with Gasteiger partial charge in [0.1, 0.15) is 5.76 Å². The molecule has 2 N–H and O–H groups in total. The van der Waals surface area contributed by atoms with Gasteiger partial charge in [0.05, 0.1) is 18.8 Å². The predicted molar refractivity (Wildman–Crippen MR) is 101 cm³/mol. The van der Waals surface area contributed by atoms with Gasteiger partial charge in [-0.25, -0.2) is 0 Å². The molecule has 1 atom stereocenters.